The zero-order valence-electron chi connectivity index (χ0n) is 16.6. The molecule has 1 aromatic carbocycles. The Morgan fingerprint density at radius 1 is 1.18 bits per heavy atom. The van der Waals surface area contributed by atoms with Crippen LogP contribution in [0.4, 0.5) is 0 Å². The zero-order chi connectivity index (χ0) is 19.4. The van der Waals surface area contributed by atoms with Gasteiger partial charge in [-0.15, -0.1) is 12.4 Å². The van der Waals surface area contributed by atoms with Crippen LogP contribution in [0.15, 0.2) is 29.2 Å². The van der Waals surface area contributed by atoms with Gasteiger partial charge >= 0.3 is 0 Å². The number of piperazine rings is 1. The Morgan fingerprint density at radius 3 is 2.43 bits per heavy atom. The highest BCUT2D eigenvalue weighted by Gasteiger charge is 2.31. The van der Waals surface area contributed by atoms with Gasteiger partial charge in [-0.3, -0.25) is 9.69 Å². The van der Waals surface area contributed by atoms with Gasteiger partial charge in [-0.25, -0.2) is 13.1 Å². The molecule has 2 aliphatic rings. The minimum atomic E-state index is -3.53. The summed E-state index contributed by atoms with van der Waals surface area (Å²) in [5.41, 5.74) is 0.541. The van der Waals surface area contributed by atoms with Gasteiger partial charge in [-0.2, -0.15) is 0 Å². The van der Waals surface area contributed by atoms with Gasteiger partial charge in [-0.1, -0.05) is 13.8 Å². The van der Waals surface area contributed by atoms with Crippen LogP contribution in [-0.4, -0.2) is 76.0 Å². The van der Waals surface area contributed by atoms with Crippen LogP contribution in [0.1, 0.15) is 30.6 Å². The van der Waals surface area contributed by atoms with Crippen molar-refractivity contribution in [1.29, 1.82) is 0 Å². The molecule has 2 heterocycles. The van der Waals surface area contributed by atoms with Crippen molar-refractivity contribution in [2.75, 3.05) is 45.8 Å². The topological polar surface area (TPSA) is 81.8 Å². The number of nitrogens with one attached hydrogen (secondary N) is 2. The third-order valence-electron chi connectivity index (χ3n) is 5.21. The minimum absolute atomic E-state index is 0. The first kappa shape index (κ1) is 23.1. The number of sulfonamides is 1. The number of nitrogens with zero attached hydrogens (tertiary/aromatic N) is 2. The largest absolute Gasteiger partial charge is 0.337 e. The molecule has 2 saturated heterocycles. The van der Waals surface area contributed by atoms with E-state index in [0.29, 0.717) is 18.2 Å². The van der Waals surface area contributed by atoms with Gasteiger partial charge in [0.1, 0.15) is 0 Å². The van der Waals surface area contributed by atoms with Gasteiger partial charge in [0, 0.05) is 57.4 Å². The Bertz CT molecular complexity index is 749. The monoisotopic (exact) mass is 430 g/mol. The van der Waals surface area contributed by atoms with Crippen LogP contribution in [0, 0.1) is 5.92 Å². The first-order valence-corrected chi connectivity index (χ1v) is 11.2. The molecule has 0 saturated carbocycles. The maximum absolute atomic E-state index is 12.8. The maximum Gasteiger partial charge on any atom is 0.253 e. The summed E-state index contributed by atoms with van der Waals surface area (Å²) in [5.74, 6) is 0.214. The van der Waals surface area contributed by atoms with Crippen molar-refractivity contribution in [2.45, 2.75) is 31.2 Å². The zero-order valence-corrected chi connectivity index (χ0v) is 18.2. The number of likely N-dealkylation sites (tertiary alicyclic amines) is 1. The van der Waals surface area contributed by atoms with Crippen LogP contribution in [0.25, 0.3) is 0 Å². The van der Waals surface area contributed by atoms with E-state index in [1.807, 2.05) is 18.7 Å². The van der Waals surface area contributed by atoms with Crippen LogP contribution in [-0.2, 0) is 10.0 Å². The Balaban J connectivity index is 0.00000280. The summed E-state index contributed by atoms with van der Waals surface area (Å²) in [5, 5.41) is 3.35. The Hall–Kier alpha value is -1.19. The molecule has 1 amide bonds. The van der Waals surface area contributed by atoms with Gasteiger partial charge in [0.2, 0.25) is 10.0 Å². The van der Waals surface area contributed by atoms with E-state index in [9.17, 15) is 13.2 Å². The predicted molar refractivity (Wildman–Crippen MR) is 112 cm³/mol. The van der Waals surface area contributed by atoms with E-state index in [1.165, 1.54) is 12.1 Å². The molecular formula is C19H31ClN4O3S. The summed E-state index contributed by atoms with van der Waals surface area (Å²) in [4.78, 5) is 17.3. The highest BCUT2D eigenvalue weighted by Crippen LogP contribution is 2.19. The van der Waals surface area contributed by atoms with Gasteiger partial charge in [0.05, 0.1) is 4.90 Å². The van der Waals surface area contributed by atoms with E-state index in [2.05, 4.69) is 14.9 Å². The molecule has 2 fully saturated rings. The lowest BCUT2D eigenvalue weighted by Gasteiger charge is -2.32. The lowest BCUT2D eigenvalue weighted by atomic mass is 10.2. The van der Waals surface area contributed by atoms with Crippen LogP contribution >= 0.6 is 12.4 Å². The van der Waals surface area contributed by atoms with E-state index >= 15 is 0 Å². The Morgan fingerprint density at radius 2 is 1.82 bits per heavy atom. The van der Waals surface area contributed by atoms with Crippen molar-refractivity contribution in [3.8, 4) is 0 Å². The van der Waals surface area contributed by atoms with Gasteiger partial charge in [0.25, 0.3) is 5.91 Å². The summed E-state index contributed by atoms with van der Waals surface area (Å²) in [6.45, 7) is 9.87. The number of halogens is 1. The van der Waals surface area contributed by atoms with Gasteiger partial charge in [0.15, 0.2) is 0 Å². The number of rotatable bonds is 6. The summed E-state index contributed by atoms with van der Waals surface area (Å²) in [6.07, 6.45) is 0.997. The second kappa shape index (κ2) is 10.0. The molecule has 1 unspecified atom stereocenters. The molecule has 1 atom stereocenters. The van der Waals surface area contributed by atoms with Crippen molar-refractivity contribution in [2.24, 2.45) is 5.92 Å². The average Bonchev–Trinajstić information content (AvgIpc) is 3.17. The van der Waals surface area contributed by atoms with E-state index in [1.54, 1.807) is 12.1 Å². The maximum atomic E-state index is 12.8. The molecule has 1 aromatic rings. The second-order valence-electron chi connectivity index (χ2n) is 7.75. The molecule has 158 valence electrons. The third kappa shape index (κ3) is 5.67. The number of benzene rings is 1. The van der Waals surface area contributed by atoms with E-state index < -0.39 is 10.0 Å². The third-order valence-corrected chi connectivity index (χ3v) is 6.65. The summed E-state index contributed by atoms with van der Waals surface area (Å²) in [7, 11) is -3.53. The van der Waals surface area contributed by atoms with Crippen LogP contribution in [0.2, 0.25) is 0 Å². The fraction of sp³-hybridized carbons (Fsp3) is 0.632. The number of carbonyl (C=O) groups excluding carboxylic acids is 1. The molecule has 2 N–H and O–H groups in total. The standard InChI is InChI=1S/C19H30N4O3S.ClH/c1-15(2)13-21-27(25,26)18-5-3-16(4-6-18)19(24)23-10-7-17(14-23)22-11-8-20-9-12-22;/h3-6,15,17,20-21H,7-14H2,1-2H3;1H. The molecule has 0 radical (unpaired) electrons. The highest BCUT2D eigenvalue weighted by atomic mass is 35.5. The van der Waals surface area contributed by atoms with E-state index in [0.717, 1.165) is 45.7 Å². The van der Waals surface area contributed by atoms with Gasteiger partial charge in [-0.05, 0) is 36.6 Å². The molecule has 0 bridgehead atoms. The molecule has 9 heteroatoms. The minimum Gasteiger partial charge on any atom is -0.337 e. The fourth-order valence-electron chi connectivity index (χ4n) is 3.59. The lowest BCUT2D eigenvalue weighted by Crippen LogP contribution is -2.49. The summed E-state index contributed by atoms with van der Waals surface area (Å²) in [6, 6.07) is 6.69. The Labute approximate surface area is 174 Å². The van der Waals surface area contributed by atoms with Crippen molar-refractivity contribution in [3.05, 3.63) is 29.8 Å². The highest BCUT2D eigenvalue weighted by molar-refractivity contribution is 7.89. The van der Waals surface area contributed by atoms with E-state index in [-0.39, 0.29) is 29.1 Å². The second-order valence-corrected chi connectivity index (χ2v) is 9.52. The Kier molecular flexibility index (Phi) is 8.27. The van der Waals surface area contributed by atoms with Crippen molar-refractivity contribution < 1.29 is 13.2 Å². The van der Waals surface area contributed by atoms with Crippen LogP contribution in [0.3, 0.4) is 0 Å². The van der Waals surface area contributed by atoms with Crippen molar-refractivity contribution in [3.63, 3.8) is 0 Å². The number of hydrogen-bond donors (Lipinski definition) is 2. The predicted octanol–water partition coefficient (Wildman–Crippen LogP) is 1.16. The lowest BCUT2D eigenvalue weighted by molar-refractivity contribution is 0.0773. The van der Waals surface area contributed by atoms with Crippen molar-refractivity contribution >= 4 is 28.3 Å². The SMILES string of the molecule is CC(C)CNS(=O)(=O)c1ccc(C(=O)N2CCC(N3CCNCC3)C2)cc1.Cl. The smallest absolute Gasteiger partial charge is 0.253 e. The number of amides is 1. The van der Waals surface area contributed by atoms with Crippen LogP contribution < -0.4 is 10.0 Å². The number of hydrogen-bond acceptors (Lipinski definition) is 5. The van der Waals surface area contributed by atoms with Crippen molar-refractivity contribution in [1.82, 2.24) is 19.8 Å². The quantitative estimate of drug-likeness (QED) is 0.707. The molecule has 7 nitrogen and oxygen atoms in total. The van der Waals surface area contributed by atoms with E-state index in [4.69, 9.17) is 0 Å². The normalized spacial score (nSPS) is 21.0. The summed E-state index contributed by atoms with van der Waals surface area (Å²) >= 11 is 0. The fourth-order valence-corrected chi connectivity index (χ4v) is 4.80. The first-order chi connectivity index (χ1) is 12.9. The van der Waals surface area contributed by atoms with Gasteiger partial charge < -0.3 is 10.2 Å². The molecular weight excluding hydrogens is 400 g/mol. The molecule has 0 aliphatic carbocycles. The number of carbonyl (C=O) groups is 1. The molecule has 0 spiro atoms. The first-order valence-electron chi connectivity index (χ1n) is 9.70. The van der Waals surface area contributed by atoms with Crippen LogP contribution in [0.5, 0.6) is 0 Å². The molecule has 28 heavy (non-hydrogen) atoms. The molecule has 0 aromatic heterocycles. The summed E-state index contributed by atoms with van der Waals surface area (Å²) < 4.78 is 27.1. The molecule has 2 aliphatic heterocycles. The average molecular weight is 431 g/mol. The molecule has 3 rings (SSSR count).